The summed E-state index contributed by atoms with van der Waals surface area (Å²) in [4.78, 5) is 67.5. The van der Waals surface area contributed by atoms with Crippen LogP contribution in [0.3, 0.4) is 0 Å². The molecule has 0 aromatic carbocycles. The number of cyclic esters (lactones) is 1. The topological polar surface area (TPSA) is 176 Å². The van der Waals surface area contributed by atoms with Gasteiger partial charge in [-0.3, -0.25) is 14.4 Å². The molecule has 14 nitrogen and oxygen atoms in total. The summed E-state index contributed by atoms with van der Waals surface area (Å²) in [5.74, 6) is 1.54. The lowest BCUT2D eigenvalue weighted by Crippen LogP contribution is -2.60. The van der Waals surface area contributed by atoms with Crippen molar-refractivity contribution < 1.29 is 48.0 Å². The lowest BCUT2D eigenvalue weighted by atomic mass is 9.73. The first-order chi connectivity index (χ1) is 26.4. The lowest BCUT2D eigenvalue weighted by molar-refractivity contribution is -0.296. The maximum absolute atomic E-state index is 14.4. The van der Waals surface area contributed by atoms with E-state index in [0.717, 1.165) is 9.75 Å². The van der Waals surface area contributed by atoms with Gasteiger partial charge in [0, 0.05) is 36.2 Å². The zero-order chi connectivity index (χ0) is 41.1. The third kappa shape index (κ3) is 9.16. The maximum Gasteiger partial charge on any atom is 0.408 e. The number of hydrogen-bond donors (Lipinski definition) is 2. The molecule has 3 aliphatic rings. The van der Waals surface area contributed by atoms with Crippen LogP contribution in [0.15, 0.2) is 30.6 Å². The summed E-state index contributed by atoms with van der Waals surface area (Å²) in [7, 11) is 3.72. The monoisotopic (exact) mass is 796 g/mol. The van der Waals surface area contributed by atoms with Crippen molar-refractivity contribution in [2.75, 3.05) is 20.7 Å². The molecule has 0 aliphatic carbocycles. The molecule has 2 aromatic rings. The second-order valence-electron chi connectivity index (χ2n) is 16.0. The average molecular weight is 797 g/mol. The van der Waals surface area contributed by atoms with Crippen molar-refractivity contribution >= 4 is 35.0 Å². The molecule has 5 heterocycles. The van der Waals surface area contributed by atoms with Crippen molar-refractivity contribution in [1.29, 1.82) is 0 Å². The highest BCUT2D eigenvalue weighted by atomic mass is 32.1. The number of likely N-dealkylation sites (N-methyl/N-ethyl adjacent to an activating group) is 1. The lowest BCUT2D eigenvalue weighted by Gasteiger charge is -2.47. The number of amides is 1. The Balaban J connectivity index is 1.55. The molecule has 1 unspecified atom stereocenters. The molecule has 5 rings (SSSR count). The number of alkyl carbamates (subject to hydrolysis) is 1. The third-order valence-corrected chi connectivity index (χ3v) is 12.5. The van der Waals surface area contributed by atoms with Crippen LogP contribution in [-0.4, -0.2) is 118 Å². The first-order valence-electron chi connectivity index (χ1n) is 19.3. The van der Waals surface area contributed by atoms with E-state index in [-0.39, 0.29) is 37.4 Å². The predicted molar refractivity (Wildman–Crippen MR) is 207 cm³/mol. The molecule has 1 amide bonds. The summed E-state index contributed by atoms with van der Waals surface area (Å²) in [5, 5.41) is 14.4. The molecule has 13 atom stereocenters. The highest BCUT2D eigenvalue weighted by molar-refractivity contribution is 7.15. The van der Waals surface area contributed by atoms with Gasteiger partial charge in [0.1, 0.15) is 30.5 Å². The van der Waals surface area contributed by atoms with Gasteiger partial charge < -0.3 is 39.0 Å². The Bertz CT molecular complexity index is 1800. The number of carbonyl (C=O) groups is 4. The number of nitrogens with zero attached hydrogens (tertiary/aromatic N) is 3. The molecule has 2 N–H and O–H groups in total. The second kappa shape index (κ2) is 17.8. The van der Waals surface area contributed by atoms with Crippen molar-refractivity contribution in [3.05, 3.63) is 35.5 Å². The van der Waals surface area contributed by atoms with Crippen LogP contribution in [0.5, 0.6) is 0 Å². The highest BCUT2D eigenvalue weighted by Crippen LogP contribution is 2.40. The number of aliphatic hydroxyl groups is 1. The van der Waals surface area contributed by atoms with Crippen LogP contribution < -0.4 is 5.32 Å². The number of fused-ring (bicyclic) bond motifs is 1. The predicted octanol–water partition coefficient (Wildman–Crippen LogP) is 4.42. The van der Waals surface area contributed by atoms with Crippen LogP contribution in [0, 0.1) is 35.5 Å². The largest absolute Gasteiger partial charge is 0.458 e. The van der Waals surface area contributed by atoms with Crippen molar-refractivity contribution in [2.24, 2.45) is 23.7 Å². The zero-order valence-electron chi connectivity index (χ0n) is 33.9. The first-order valence-corrected chi connectivity index (χ1v) is 20.1. The molecule has 56 heavy (non-hydrogen) atoms. The molecule has 3 saturated heterocycles. The molecule has 3 aliphatic heterocycles. The van der Waals surface area contributed by atoms with E-state index in [9.17, 15) is 24.3 Å². The van der Waals surface area contributed by atoms with Gasteiger partial charge in [-0.1, -0.05) is 39.5 Å². The van der Waals surface area contributed by atoms with E-state index in [0.29, 0.717) is 12.2 Å². The van der Waals surface area contributed by atoms with Gasteiger partial charge in [0.25, 0.3) is 0 Å². The summed E-state index contributed by atoms with van der Waals surface area (Å²) < 4.78 is 31.2. The molecule has 0 radical (unpaired) electrons. The number of thiophene rings is 1. The fraction of sp³-hybridized carbons (Fsp3) is 0.659. The minimum absolute atomic E-state index is 0.0540. The van der Waals surface area contributed by atoms with Crippen molar-refractivity contribution in [3.63, 3.8) is 0 Å². The number of rotatable bonds is 7. The van der Waals surface area contributed by atoms with Crippen LogP contribution in [0.25, 0.3) is 10.7 Å². The number of ether oxygens (including phenoxy) is 5. The Kier molecular flexibility index (Phi) is 13.8. The Morgan fingerprint density at radius 1 is 1.04 bits per heavy atom. The van der Waals surface area contributed by atoms with Crippen molar-refractivity contribution in [3.8, 4) is 22.5 Å². The van der Waals surface area contributed by atoms with E-state index < -0.39 is 83.4 Å². The van der Waals surface area contributed by atoms with Crippen molar-refractivity contribution in [2.45, 2.75) is 129 Å². The molecule has 0 bridgehead atoms. The minimum atomic E-state index is -1.41. The van der Waals surface area contributed by atoms with E-state index in [1.165, 1.54) is 18.3 Å². The molecule has 3 fully saturated rings. The van der Waals surface area contributed by atoms with Gasteiger partial charge in [-0.25, -0.2) is 14.8 Å². The number of carbonyl (C=O) groups excluding carboxylic acids is 4. The molecular weight excluding hydrogens is 741 g/mol. The number of aliphatic hydroxyl groups excluding tert-OH is 1. The Morgan fingerprint density at radius 2 is 1.73 bits per heavy atom. The zero-order valence-corrected chi connectivity index (χ0v) is 34.8. The van der Waals surface area contributed by atoms with Crippen LogP contribution in [0.4, 0.5) is 4.79 Å². The Morgan fingerprint density at radius 3 is 2.39 bits per heavy atom. The van der Waals surface area contributed by atoms with Crippen LogP contribution in [-0.2, 0) is 38.1 Å². The smallest absolute Gasteiger partial charge is 0.408 e. The number of nitrogens with one attached hydrogen (secondary N) is 1. The molecule has 0 spiro atoms. The molecule has 0 saturated carbocycles. The number of hydrogen-bond acceptors (Lipinski definition) is 14. The van der Waals surface area contributed by atoms with Gasteiger partial charge in [-0.05, 0) is 79.3 Å². The van der Waals surface area contributed by atoms with E-state index in [1.807, 2.05) is 38.1 Å². The molecule has 2 aromatic heterocycles. The van der Waals surface area contributed by atoms with Gasteiger partial charge in [0.2, 0.25) is 0 Å². The van der Waals surface area contributed by atoms with Crippen molar-refractivity contribution in [1.82, 2.24) is 20.2 Å². The van der Waals surface area contributed by atoms with E-state index in [4.69, 9.17) is 23.7 Å². The Hall–Kier alpha value is -3.78. The normalized spacial score (nSPS) is 37.1. The van der Waals surface area contributed by atoms with Gasteiger partial charge in [0.15, 0.2) is 23.5 Å². The summed E-state index contributed by atoms with van der Waals surface area (Å²) in [6.07, 6.45) is -1.19. The summed E-state index contributed by atoms with van der Waals surface area (Å²) in [6, 6.07) is 4.35. The minimum Gasteiger partial charge on any atom is -0.458 e. The van der Waals surface area contributed by atoms with Gasteiger partial charge in [-0.2, -0.15) is 0 Å². The standard InChI is InChI=1S/C41H56N4O10S/c1-11-30-41(8)34(44-39(50)55-41)24(4)31(46)22(2)21-40(7,51-19-12-14-27-15-16-29(56-27)36-42-17-13-18-43-36)35(25(5)32(47)26(6)37(49)53-30)54-38-33(48)28(45(9)10)20-23(3)52-38/h13,15-18,22-26,28,30,33-35,38,48H,11,19-21H2,1-10H3,(H,44,50)/t22-,23-,24+,25+,26-,28+,30-,33-,34-,35-,38+,40?,41-/m1/s1. The Labute approximate surface area is 333 Å². The fourth-order valence-electron chi connectivity index (χ4n) is 8.40. The summed E-state index contributed by atoms with van der Waals surface area (Å²) >= 11 is 1.43. The quantitative estimate of drug-likeness (QED) is 0.229. The van der Waals surface area contributed by atoms with Gasteiger partial charge >= 0.3 is 12.1 Å². The number of ketones is 2. The van der Waals surface area contributed by atoms with E-state index >= 15 is 0 Å². The highest BCUT2D eigenvalue weighted by Gasteiger charge is 2.57. The molecule has 306 valence electrons. The summed E-state index contributed by atoms with van der Waals surface area (Å²) in [5.41, 5.74) is -2.80. The van der Waals surface area contributed by atoms with Crippen LogP contribution in [0.1, 0.15) is 79.5 Å². The van der Waals surface area contributed by atoms with E-state index in [1.54, 1.807) is 60.0 Å². The SMILES string of the molecule is CC[C@H]1OC(=O)[C@H](C)C(=O)[C@H](C)[C@@H](O[C@@H]2O[C@H](C)C[C@H](N(C)C)[C@H]2O)C(C)(OCC#Cc2ccc(-c3ncccn3)s2)C[C@@H](C)C(=O)[C@H](C)[C@H]2NC(=O)O[C@@]21C. The van der Waals surface area contributed by atoms with E-state index in [2.05, 4.69) is 27.1 Å². The average Bonchev–Trinajstić information content (AvgIpc) is 3.77. The first kappa shape index (κ1) is 43.3. The number of esters is 1. The second-order valence-corrected chi connectivity index (χ2v) is 17.1. The maximum atomic E-state index is 14.4. The number of Topliss-reactive ketones (excluding diaryl/α,β-unsaturated/α-hetero) is 2. The molecular formula is C41H56N4O10S. The fourth-order valence-corrected chi connectivity index (χ4v) is 9.23. The van der Waals surface area contributed by atoms with Crippen LogP contribution in [0.2, 0.25) is 0 Å². The number of aromatic nitrogens is 2. The van der Waals surface area contributed by atoms with Gasteiger partial charge in [-0.15, -0.1) is 11.3 Å². The van der Waals surface area contributed by atoms with Crippen LogP contribution >= 0.6 is 11.3 Å². The van der Waals surface area contributed by atoms with Gasteiger partial charge in [0.05, 0.1) is 33.6 Å². The molecule has 15 heteroatoms. The summed E-state index contributed by atoms with van der Waals surface area (Å²) in [6.45, 7) is 13.5. The third-order valence-electron chi connectivity index (χ3n) is 11.5.